The predicted molar refractivity (Wildman–Crippen MR) is 115 cm³/mol. The third-order valence-electron chi connectivity index (χ3n) is 3.67. The SMILES string of the molecule is CN=C(NCc1cccc(C(F)(F)F)c1)NCc1nc(C(C)(C)C)cs1.I. The van der Waals surface area contributed by atoms with Crippen LogP contribution in [0.3, 0.4) is 0 Å². The van der Waals surface area contributed by atoms with Gasteiger partial charge in [0.2, 0.25) is 0 Å². The summed E-state index contributed by atoms with van der Waals surface area (Å²) in [4.78, 5) is 8.69. The number of nitrogens with one attached hydrogen (secondary N) is 2. The Balaban J connectivity index is 0.00000364. The number of nitrogens with zero attached hydrogens (tertiary/aromatic N) is 2. The molecule has 4 nitrogen and oxygen atoms in total. The minimum absolute atomic E-state index is 0. The van der Waals surface area contributed by atoms with Crippen molar-refractivity contribution < 1.29 is 13.2 Å². The Morgan fingerprint density at radius 3 is 2.37 bits per heavy atom. The van der Waals surface area contributed by atoms with Crippen LogP contribution in [0.4, 0.5) is 13.2 Å². The van der Waals surface area contributed by atoms with Gasteiger partial charge in [0, 0.05) is 24.4 Å². The van der Waals surface area contributed by atoms with Gasteiger partial charge in [0.05, 0.1) is 17.8 Å². The van der Waals surface area contributed by atoms with Crippen LogP contribution in [0.1, 0.15) is 42.6 Å². The summed E-state index contributed by atoms with van der Waals surface area (Å²) in [5.74, 6) is 0.509. The Morgan fingerprint density at radius 1 is 1.15 bits per heavy atom. The van der Waals surface area contributed by atoms with Gasteiger partial charge < -0.3 is 10.6 Å². The zero-order valence-electron chi connectivity index (χ0n) is 15.6. The molecule has 1 aromatic carbocycles. The minimum Gasteiger partial charge on any atom is -0.352 e. The summed E-state index contributed by atoms with van der Waals surface area (Å²) in [7, 11) is 1.61. The van der Waals surface area contributed by atoms with Gasteiger partial charge in [-0.15, -0.1) is 35.3 Å². The molecule has 0 atom stereocenters. The quantitative estimate of drug-likeness (QED) is 0.347. The lowest BCUT2D eigenvalue weighted by atomic mass is 9.93. The van der Waals surface area contributed by atoms with Gasteiger partial charge in [-0.25, -0.2) is 4.98 Å². The molecule has 1 heterocycles. The molecule has 0 unspecified atom stereocenters. The largest absolute Gasteiger partial charge is 0.416 e. The summed E-state index contributed by atoms with van der Waals surface area (Å²) >= 11 is 1.57. The first-order valence-electron chi connectivity index (χ1n) is 8.15. The summed E-state index contributed by atoms with van der Waals surface area (Å²) in [6.07, 6.45) is -4.34. The van der Waals surface area contributed by atoms with Crippen LogP contribution in [0.5, 0.6) is 0 Å². The molecule has 0 bridgehead atoms. The maximum atomic E-state index is 12.8. The topological polar surface area (TPSA) is 49.3 Å². The van der Waals surface area contributed by atoms with Crippen molar-refractivity contribution >= 4 is 41.3 Å². The molecule has 9 heteroatoms. The molecule has 0 aliphatic heterocycles. The highest BCUT2D eigenvalue weighted by molar-refractivity contribution is 14.0. The van der Waals surface area contributed by atoms with E-state index < -0.39 is 11.7 Å². The fourth-order valence-electron chi connectivity index (χ4n) is 2.16. The Hall–Kier alpha value is -1.36. The van der Waals surface area contributed by atoms with Gasteiger partial charge in [0.15, 0.2) is 5.96 Å². The van der Waals surface area contributed by atoms with Gasteiger partial charge in [0.25, 0.3) is 0 Å². The van der Waals surface area contributed by atoms with Crippen molar-refractivity contribution in [2.24, 2.45) is 4.99 Å². The molecular formula is C18H24F3IN4S. The van der Waals surface area contributed by atoms with Crippen molar-refractivity contribution in [1.29, 1.82) is 0 Å². The van der Waals surface area contributed by atoms with Gasteiger partial charge in [-0.1, -0.05) is 32.9 Å². The highest BCUT2D eigenvalue weighted by Crippen LogP contribution is 2.29. The number of thiazole rings is 1. The van der Waals surface area contributed by atoms with Crippen molar-refractivity contribution in [3.8, 4) is 0 Å². The van der Waals surface area contributed by atoms with Crippen LogP contribution in [-0.4, -0.2) is 18.0 Å². The molecule has 150 valence electrons. The number of aliphatic imine (C=N–C) groups is 1. The van der Waals surface area contributed by atoms with Crippen molar-refractivity contribution in [2.45, 2.75) is 45.5 Å². The number of hydrogen-bond donors (Lipinski definition) is 2. The highest BCUT2D eigenvalue weighted by atomic mass is 127. The molecule has 27 heavy (non-hydrogen) atoms. The number of benzene rings is 1. The number of alkyl halides is 3. The van der Waals surface area contributed by atoms with Crippen LogP contribution in [0.15, 0.2) is 34.6 Å². The molecule has 0 aliphatic carbocycles. The summed E-state index contributed by atoms with van der Waals surface area (Å²) < 4.78 is 38.3. The Morgan fingerprint density at radius 2 is 1.81 bits per heavy atom. The normalized spacial score (nSPS) is 12.5. The van der Waals surface area contributed by atoms with Gasteiger partial charge >= 0.3 is 6.18 Å². The zero-order valence-corrected chi connectivity index (χ0v) is 18.8. The van der Waals surface area contributed by atoms with E-state index in [9.17, 15) is 13.2 Å². The van der Waals surface area contributed by atoms with Crippen LogP contribution in [0, 0.1) is 0 Å². The van der Waals surface area contributed by atoms with Crippen molar-refractivity contribution in [3.05, 3.63) is 51.5 Å². The zero-order chi connectivity index (χ0) is 19.4. The number of aromatic nitrogens is 1. The van der Waals surface area contributed by atoms with Gasteiger partial charge in [-0.2, -0.15) is 13.2 Å². The lowest BCUT2D eigenvalue weighted by Crippen LogP contribution is -2.36. The van der Waals surface area contributed by atoms with E-state index in [4.69, 9.17) is 0 Å². The molecule has 2 N–H and O–H groups in total. The molecule has 0 spiro atoms. The van der Waals surface area contributed by atoms with Crippen molar-refractivity contribution in [2.75, 3.05) is 7.05 Å². The van der Waals surface area contributed by atoms with E-state index in [-0.39, 0.29) is 35.9 Å². The number of hydrogen-bond acceptors (Lipinski definition) is 3. The molecular weight excluding hydrogens is 488 g/mol. The predicted octanol–water partition coefficient (Wildman–Crippen LogP) is 4.94. The second kappa shape index (κ2) is 9.72. The number of rotatable bonds is 4. The van der Waals surface area contributed by atoms with Gasteiger partial charge in [-0.05, 0) is 17.7 Å². The third-order valence-corrected chi connectivity index (χ3v) is 4.51. The van der Waals surface area contributed by atoms with E-state index in [0.29, 0.717) is 18.1 Å². The van der Waals surface area contributed by atoms with Crippen LogP contribution >= 0.6 is 35.3 Å². The maximum absolute atomic E-state index is 12.8. The standard InChI is InChI=1S/C18H23F3N4S.HI/c1-17(2,3)14-11-26-15(25-14)10-24-16(22-4)23-9-12-6-5-7-13(8-12)18(19,20)21;/h5-8,11H,9-10H2,1-4H3,(H2,22,23,24);1H. The van der Waals surface area contributed by atoms with Crippen molar-refractivity contribution in [3.63, 3.8) is 0 Å². The average Bonchev–Trinajstić information content (AvgIpc) is 3.04. The van der Waals surface area contributed by atoms with E-state index in [1.807, 2.05) is 5.38 Å². The lowest BCUT2D eigenvalue weighted by Gasteiger charge is -2.14. The monoisotopic (exact) mass is 512 g/mol. The van der Waals surface area contributed by atoms with Crippen LogP contribution < -0.4 is 10.6 Å². The van der Waals surface area contributed by atoms with E-state index in [1.165, 1.54) is 6.07 Å². The molecule has 0 fully saturated rings. The molecule has 2 rings (SSSR count). The molecule has 1 aromatic heterocycles. The third kappa shape index (κ3) is 7.28. The fourth-order valence-corrected chi connectivity index (χ4v) is 3.12. The lowest BCUT2D eigenvalue weighted by molar-refractivity contribution is -0.137. The summed E-state index contributed by atoms with van der Waals surface area (Å²) in [6, 6.07) is 5.24. The van der Waals surface area contributed by atoms with E-state index in [2.05, 4.69) is 41.4 Å². The molecule has 2 aromatic rings. The first kappa shape index (κ1) is 23.7. The molecule has 0 saturated carbocycles. The second-order valence-corrected chi connectivity index (χ2v) is 7.80. The van der Waals surface area contributed by atoms with Gasteiger partial charge in [-0.3, -0.25) is 4.99 Å². The molecule has 0 saturated heterocycles. The average molecular weight is 512 g/mol. The van der Waals surface area contributed by atoms with Crippen LogP contribution in [0.25, 0.3) is 0 Å². The van der Waals surface area contributed by atoms with Gasteiger partial charge in [0.1, 0.15) is 5.01 Å². The van der Waals surface area contributed by atoms with Crippen LogP contribution in [-0.2, 0) is 24.7 Å². The molecule has 0 aliphatic rings. The minimum atomic E-state index is -4.34. The fraction of sp³-hybridized carbons (Fsp3) is 0.444. The van der Waals surface area contributed by atoms with E-state index in [1.54, 1.807) is 24.5 Å². The van der Waals surface area contributed by atoms with Crippen LogP contribution in [0.2, 0.25) is 0 Å². The summed E-state index contributed by atoms with van der Waals surface area (Å²) in [5, 5.41) is 9.12. The van der Waals surface area contributed by atoms with E-state index >= 15 is 0 Å². The Labute approximate surface area is 178 Å². The van der Waals surface area contributed by atoms with Crippen molar-refractivity contribution in [1.82, 2.24) is 15.6 Å². The second-order valence-electron chi connectivity index (χ2n) is 6.85. The highest BCUT2D eigenvalue weighted by Gasteiger charge is 2.30. The first-order valence-corrected chi connectivity index (χ1v) is 9.03. The number of guanidine groups is 1. The summed E-state index contributed by atoms with van der Waals surface area (Å²) in [5.41, 5.74) is 0.911. The number of halogens is 4. The maximum Gasteiger partial charge on any atom is 0.416 e. The Kier molecular flexibility index (Phi) is 8.52. The summed E-state index contributed by atoms with van der Waals surface area (Å²) in [6.45, 7) is 7.07. The van der Waals surface area contributed by atoms with E-state index in [0.717, 1.165) is 22.8 Å². The molecule has 0 radical (unpaired) electrons. The molecule has 0 amide bonds. The smallest absolute Gasteiger partial charge is 0.352 e. The Bertz CT molecular complexity index is 766. The first-order chi connectivity index (χ1) is 12.1.